The van der Waals surface area contributed by atoms with Crippen molar-refractivity contribution in [1.82, 2.24) is 0 Å². The maximum Gasteiger partial charge on any atom is 0.157 e. The fraction of sp³-hybridized carbons (Fsp3) is 0.417. The van der Waals surface area contributed by atoms with Crippen LogP contribution in [0.1, 0.15) is 18.9 Å². The number of halogens is 1. The predicted octanol–water partition coefficient (Wildman–Crippen LogP) is 1.76. The number of sulfone groups is 1. The van der Waals surface area contributed by atoms with E-state index in [9.17, 15) is 17.6 Å². The van der Waals surface area contributed by atoms with Crippen molar-refractivity contribution in [1.29, 1.82) is 0 Å². The lowest BCUT2D eigenvalue weighted by atomic mass is 10.1. The van der Waals surface area contributed by atoms with Gasteiger partial charge in [-0.15, -0.1) is 0 Å². The van der Waals surface area contributed by atoms with Crippen molar-refractivity contribution in [2.45, 2.75) is 19.8 Å². The van der Waals surface area contributed by atoms with E-state index in [0.29, 0.717) is 6.42 Å². The molecule has 0 spiro atoms. The van der Waals surface area contributed by atoms with E-state index in [1.165, 1.54) is 18.2 Å². The average molecular weight is 258 g/mol. The highest BCUT2D eigenvalue weighted by Crippen LogP contribution is 2.08. The van der Waals surface area contributed by atoms with Gasteiger partial charge in [0.25, 0.3) is 0 Å². The summed E-state index contributed by atoms with van der Waals surface area (Å²) in [6, 6.07) is 5.88. The Kier molecular flexibility index (Phi) is 4.81. The van der Waals surface area contributed by atoms with Gasteiger partial charge in [-0.1, -0.05) is 25.1 Å². The van der Waals surface area contributed by atoms with Crippen LogP contribution in [0.3, 0.4) is 0 Å². The second kappa shape index (κ2) is 5.91. The van der Waals surface area contributed by atoms with Crippen molar-refractivity contribution in [3.8, 4) is 0 Å². The standard InChI is InChI=1S/C12H15FO3S/c1-2-7-17(15,16)9-11(14)8-10-5-3-4-6-12(10)13/h3-6H,2,7-9H2,1H3. The van der Waals surface area contributed by atoms with E-state index in [0.717, 1.165) is 0 Å². The second-order valence-electron chi connectivity index (χ2n) is 3.90. The number of carbonyl (C=O) groups excluding carboxylic acids is 1. The van der Waals surface area contributed by atoms with Crippen LogP contribution >= 0.6 is 0 Å². The monoisotopic (exact) mass is 258 g/mol. The molecule has 0 atom stereocenters. The lowest BCUT2D eigenvalue weighted by molar-refractivity contribution is -0.116. The summed E-state index contributed by atoms with van der Waals surface area (Å²) in [7, 11) is -3.34. The molecule has 0 aliphatic rings. The van der Waals surface area contributed by atoms with E-state index in [1.807, 2.05) is 0 Å². The van der Waals surface area contributed by atoms with Crippen LogP contribution in [0.5, 0.6) is 0 Å². The van der Waals surface area contributed by atoms with E-state index >= 15 is 0 Å². The molecule has 0 N–H and O–H groups in total. The molecular weight excluding hydrogens is 243 g/mol. The van der Waals surface area contributed by atoms with Crippen molar-refractivity contribution in [2.75, 3.05) is 11.5 Å². The van der Waals surface area contributed by atoms with Crippen molar-refractivity contribution in [3.05, 3.63) is 35.6 Å². The third kappa shape index (κ3) is 4.65. The van der Waals surface area contributed by atoms with Gasteiger partial charge in [0.05, 0.1) is 5.75 Å². The van der Waals surface area contributed by atoms with Gasteiger partial charge < -0.3 is 0 Å². The molecule has 0 aliphatic carbocycles. The lowest BCUT2D eigenvalue weighted by Crippen LogP contribution is -2.20. The van der Waals surface area contributed by atoms with Gasteiger partial charge in [-0.05, 0) is 18.1 Å². The smallest absolute Gasteiger partial charge is 0.157 e. The number of ketones is 1. The first-order valence-electron chi connectivity index (χ1n) is 5.40. The normalized spacial score (nSPS) is 11.4. The summed E-state index contributed by atoms with van der Waals surface area (Å²) < 4.78 is 36.0. The topological polar surface area (TPSA) is 51.2 Å². The molecule has 0 bridgehead atoms. The Labute approximate surface area is 101 Å². The Morgan fingerprint density at radius 3 is 2.53 bits per heavy atom. The molecule has 0 aromatic heterocycles. The number of Topliss-reactive ketones (excluding diaryl/α,β-unsaturated/α-hetero) is 1. The molecule has 0 heterocycles. The minimum atomic E-state index is -3.34. The minimum absolute atomic E-state index is 0.00396. The summed E-state index contributed by atoms with van der Waals surface area (Å²) in [6.07, 6.45) is 0.310. The van der Waals surface area contributed by atoms with Crippen molar-refractivity contribution in [3.63, 3.8) is 0 Å². The maximum absolute atomic E-state index is 13.2. The van der Waals surface area contributed by atoms with Gasteiger partial charge >= 0.3 is 0 Å². The van der Waals surface area contributed by atoms with Crippen LogP contribution in [-0.2, 0) is 21.1 Å². The highest BCUT2D eigenvalue weighted by molar-refractivity contribution is 7.92. The second-order valence-corrected chi connectivity index (χ2v) is 6.08. The van der Waals surface area contributed by atoms with Gasteiger partial charge in [0.2, 0.25) is 0 Å². The molecule has 0 amide bonds. The molecule has 17 heavy (non-hydrogen) atoms. The molecule has 0 saturated heterocycles. The van der Waals surface area contributed by atoms with Crippen LogP contribution < -0.4 is 0 Å². The van der Waals surface area contributed by atoms with Crippen molar-refractivity contribution < 1.29 is 17.6 Å². The molecule has 3 nitrogen and oxygen atoms in total. The van der Waals surface area contributed by atoms with Crippen LogP contribution in [0.4, 0.5) is 4.39 Å². The zero-order chi connectivity index (χ0) is 12.9. The molecule has 94 valence electrons. The largest absolute Gasteiger partial charge is 0.298 e. The predicted molar refractivity (Wildman–Crippen MR) is 64.1 cm³/mol. The third-order valence-corrected chi connectivity index (χ3v) is 4.03. The van der Waals surface area contributed by atoms with Crippen LogP contribution in [0.25, 0.3) is 0 Å². The van der Waals surface area contributed by atoms with Crippen LogP contribution in [0.2, 0.25) is 0 Å². The summed E-state index contributed by atoms with van der Waals surface area (Å²) in [6.45, 7) is 1.74. The summed E-state index contributed by atoms with van der Waals surface area (Å²) in [4.78, 5) is 11.5. The number of benzene rings is 1. The SMILES string of the molecule is CCCS(=O)(=O)CC(=O)Cc1ccccc1F. The van der Waals surface area contributed by atoms with E-state index < -0.39 is 27.2 Å². The Morgan fingerprint density at radius 1 is 1.29 bits per heavy atom. The van der Waals surface area contributed by atoms with Gasteiger partial charge in [-0.25, -0.2) is 12.8 Å². The fourth-order valence-corrected chi connectivity index (χ4v) is 2.89. The Morgan fingerprint density at radius 2 is 1.94 bits per heavy atom. The average Bonchev–Trinajstić information content (AvgIpc) is 2.20. The minimum Gasteiger partial charge on any atom is -0.298 e. The molecule has 5 heteroatoms. The first kappa shape index (κ1) is 13.8. The summed E-state index contributed by atoms with van der Waals surface area (Å²) in [5.74, 6) is -1.46. The molecule has 1 aromatic rings. The quantitative estimate of drug-likeness (QED) is 0.781. The molecular formula is C12H15FO3S. The summed E-state index contributed by atoms with van der Waals surface area (Å²) in [5.41, 5.74) is 0.240. The van der Waals surface area contributed by atoms with Crippen molar-refractivity contribution >= 4 is 15.6 Å². The number of carbonyl (C=O) groups is 1. The first-order valence-corrected chi connectivity index (χ1v) is 7.22. The molecule has 1 rings (SSSR count). The molecule has 0 radical (unpaired) electrons. The van der Waals surface area contributed by atoms with Crippen LogP contribution in [0, 0.1) is 5.82 Å². The zero-order valence-electron chi connectivity index (χ0n) is 9.65. The van der Waals surface area contributed by atoms with Gasteiger partial charge in [0, 0.05) is 6.42 Å². The van der Waals surface area contributed by atoms with Gasteiger partial charge in [-0.3, -0.25) is 4.79 Å². The Hall–Kier alpha value is -1.23. The first-order chi connectivity index (χ1) is 7.94. The Bertz CT molecular complexity index is 494. The van der Waals surface area contributed by atoms with Gasteiger partial charge in [0.1, 0.15) is 11.6 Å². The number of hydrogen-bond acceptors (Lipinski definition) is 3. The molecule has 0 saturated carbocycles. The molecule has 0 fully saturated rings. The summed E-state index contributed by atoms with van der Waals surface area (Å²) in [5, 5.41) is 0. The highest BCUT2D eigenvalue weighted by Gasteiger charge is 2.16. The summed E-state index contributed by atoms with van der Waals surface area (Å²) >= 11 is 0. The lowest BCUT2D eigenvalue weighted by Gasteiger charge is -2.03. The fourth-order valence-electron chi connectivity index (χ4n) is 1.53. The number of hydrogen-bond donors (Lipinski definition) is 0. The zero-order valence-corrected chi connectivity index (χ0v) is 10.5. The Balaban J connectivity index is 2.66. The van der Waals surface area contributed by atoms with Crippen molar-refractivity contribution in [2.24, 2.45) is 0 Å². The molecule has 0 aliphatic heterocycles. The van der Waals surface area contributed by atoms with Gasteiger partial charge in [-0.2, -0.15) is 0 Å². The molecule has 0 unspecified atom stereocenters. The van der Waals surface area contributed by atoms with E-state index in [-0.39, 0.29) is 17.7 Å². The number of rotatable bonds is 6. The van der Waals surface area contributed by atoms with E-state index in [2.05, 4.69) is 0 Å². The van der Waals surface area contributed by atoms with Crippen LogP contribution in [0.15, 0.2) is 24.3 Å². The molecule has 1 aromatic carbocycles. The van der Waals surface area contributed by atoms with Gasteiger partial charge in [0.15, 0.2) is 15.6 Å². The van der Waals surface area contributed by atoms with E-state index in [1.54, 1.807) is 13.0 Å². The highest BCUT2D eigenvalue weighted by atomic mass is 32.2. The van der Waals surface area contributed by atoms with Crippen LogP contribution in [-0.4, -0.2) is 25.7 Å². The third-order valence-electron chi connectivity index (χ3n) is 2.24. The maximum atomic E-state index is 13.2. The van der Waals surface area contributed by atoms with E-state index in [4.69, 9.17) is 0 Å².